The Labute approximate surface area is 119 Å². The van der Waals surface area contributed by atoms with E-state index in [1.807, 2.05) is 12.1 Å². The summed E-state index contributed by atoms with van der Waals surface area (Å²) in [7, 11) is 0. The third-order valence-corrected chi connectivity index (χ3v) is 3.80. The molecule has 2 heterocycles. The normalized spacial score (nSPS) is 18.3. The van der Waals surface area contributed by atoms with Gasteiger partial charge in [-0.1, -0.05) is 25.6 Å². The summed E-state index contributed by atoms with van der Waals surface area (Å²) >= 11 is 5.19. The number of rotatable bonds is 5. The molecule has 19 heavy (non-hydrogen) atoms. The maximum Gasteiger partial charge on any atom is 0.151 e. The van der Waals surface area contributed by atoms with E-state index < -0.39 is 0 Å². The van der Waals surface area contributed by atoms with Crippen LogP contribution in [0.25, 0.3) is 0 Å². The third-order valence-electron chi connectivity index (χ3n) is 3.53. The van der Waals surface area contributed by atoms with Crippen molar-refractivity contribution in [2.45, 2.75) is 25.8 Å². The maximum absolute atomic E-state index is 5.85. The van der Waals surface area contributed by atoms with E-state index in [-0.39, 0.29) is 6.04 Å². The van der Waals surface area contributed by atoms with Gasteiger partial charge in [0.1, 0.15) is 0 Å². The lowest BCUT2D eigenvalue weighted by atomic mass is 10.1. The Morgan fingerprint density at radius 1 is 1.42 bits per heavy atom. The van der Waals surface area contributed by atoms with Crippen LogP contribution >= 0.6 is 12.2 Å². The molecule has 0 bridgehead atoms. The lowest BCUT2D eigenvalue weighted by Crippen LogP contribution is -2.54. The summed E-state index contributed by atoms with van der Waals surface area (Å²) < 4.78 is 0. The molecule has 0 aromatic carbocycles. The Kier molecular flexibility index (Phi) is 5.04. The minimum absolute atomic E-state index is 0.240. The van der Waals surface area contributed by atoms with Crippen LogP contribution in [0.1, 0.15) is 19.8 Å². The van der Waals surface area contributed by atoms with Crippen LogP contribution in [0, 0.1) is 0 Å². The Morgan fingerprint density at radius 2 is 2.16 bits per heavy atom. The molecule has 5 nitrogen and oxygen atoms in total. The number of aromatic nitrogens is 2. The number of nitrogens with zero attached hydrogens (tertiary/aromatic N) is 4. The molecule has 0 aliphatic carbocycles. The summed E-state index contributed by atoms with van der Waals surface area (Å²) in [5.74, 6) is 0.949. The highest BCUT2D eigenvalue weighted by Crippen LogP contribution is 2.15. The van der Waals surface area contributed by atoms with Gasteiger partial charge in [0.15, 0.2) is 5.82 Å². The zero-order chi connectivity index (χ0) is 13.7. The van der Waals surface area contributed by atoms with Crippen molar-refractivity contribution in [2.24, 2.45) is 5.73 Å². The zero-order valence-corrected chi connectivity index (χ0v) is 12.1. The van der Waals surface area contributed by atoms with Gasteiger partial charge in [0.25, 0.3) is 0 Å². The summed E-state index contributed by atoms with van der Waals surface area (Å²) in [6, 6.07) is 4.16. The monoisotopic (exact) mass is 279 g/mol. The molecule has 6 heteroatoms. The van der Waals surface area contributed by atoms with E-state index in [1.54, 1.807) is 6.20 Å². The fourth-order valence-corrected chi connectivity index (χ4v) is 2.77. The van der Waals surface area contributed by atoms with Crippen LogP contribution < -0.4 is 10.6 Å². The van der Waals surface area contributed by atoms with E-state index in [1.165, 1.54) is 0 Å². The van der Waals surface area contributed by atoms with Crippen LogP contribution in [0.15, 0.2) is 18.3 Å². The van der Waals surface area contributed by atoms with E-state index in [0.29, 0.717) is 4.99 Å². The van der Waals surface area contributed by atoms with E-state index in [0.717, 1.165) is 44.8 Å². The molecule has 2 rings (SSSR count). The van der Waals surface area contributed by atoms with Crippen LogP contribution in [0.5, 0.6) is 0 Å². The molecular formula is C13H21N5S. The Hall–Kier alpha value is -1.27. The molecule has 0 amide bonds. The molecule has 1 aliphatic heterocycles. The highest BCUT2D eigenvalue weighted by atomic mass is 32.1. The van der Waals surface area contributed by atoms with E-state index in [2.05, 4.69) is 26.9 Å². The van der Waals surface area contributed by atoms with Gasteiger partial charge in [0, 0.05) is 32.4 Å². The highest BCUT2D eigenvalue weighted by Gasteiger charge is 2.25. The van der Waals surface area contributed by atoms with Crippen LogP contribution in [-0.4, -0.2) is 52.3 Å². The minimum Gasteiger partial charge on any atom is -0.392 e. The standard InChI is InChI=1S/C13H21N5S/c1-2-4-11(13(14)19)17-7-9-18(10-8-17)12-5-3-6-15-16-12/h3,5-6,11H,2,4,7-10H2,1H3,(H2,14,19). The van der Waals surface area contributed by atoms with Gasteiger partial charge in [0.2, 0.25) is 0 Å². The van der Waals surface area contributed by atoms with E-state index in [9.17, 15) is 0 Å². The van der Waals surface area contributed by atoms with Gasteiger partial charge < -0.3 is 10.6 Å². The number of hydrogen-bond donors (Lipinski definition) is 1. The van der Waals surface area contributed by atoms with Gasteiger partial charge in [0.05, 0.1) is 11.0 Å². The van der Waals surface area contributed by atoms with Crippen molar-refractivity contribution in [3.05, 3.63) is 18.3 Å². The van der Waals surface area contributed by atoms with Crippen molar-refractivity contribution in [1.29, 1.82) is 0 Å². The molecule has 104 valence electrons. The van der Waals surface area contributed by atoms with Gasteiger partial charge in [-0.05, 0) is 18.6 Å². The molecule has 1 aliphatic rings. The first-order valence-corrected chi connectivity index (χ1v) is 7.19. The highest BCUT2D eigenvalue weighted by molar-refractivity contribution is 7.80. The number of nitrogens with two attached hydrogens (primary N) is 1. The molecule has 1 saturated heterocycles. The van der Waals surface area contributed by atoms with Gasteiger partial charge >= 0.3 is 0 Å². The first-order valence-electron chi connectivity index (χ1n) is 6.78. The fourth-order valence-electron chi connectivity index (χ4n) is 2.50. The van der Waals surface area contributed by atoms with Gasteiger partial charge in [-0.3, -0.25) is 4.90 Å². The molecule has 1 aromatic heterocycles. The van der Waals surface area contributed by atoms with Gasteiger partial charge in [-0.25, -0.2) is 0 Å². The maximum atomic E-state index is 5.85. The second kappa shape index (κ2) is 6.77. The average Bonchev–Trinajstić information content (AvgIpc) is 2.46. The third kappa shape index (κ3) is 3.61. The largest absolute Gasteiger partial charge is 0.392 e. The van der Waals surface area contributed by atoms with Crippen molar-refractivity contribution in [3.8, 4) is 0 Å². The smallest absolute Gasteiger partial charge is 0.151 e. The molecule has 2 N–H and O–H groups in total. The predicted octanol–water partition coefficient (Wildman–Crippen LogP) is 1.05. The molecule has 1 fully saturated rings. The summed E-state index contributed by atoms with van der Waals surface area (Å²) in [5.41, 5.74) is 5.85. The number of thiocarbonyl (C=S) groups is 1. The Bertz CT molecular complexity index is 403. The number of piperazine rings is 1. The van der Waals surface area contributed by atoms with Gasteiger partial charge in [-0.15, -0.1) is 5.10 Å². The second-order valence-electron chi connectivity index (χ2n) is 4.81. The molecule has 1 unspecified atom stereocenters. The topological polar surface area (TPSA) is 58.3 Å². The summed E-state index contributed by atoms with van der Waals surface area (Å²) in [4.78, 5) is 5.26. The average molecular weight is 279 g/mol. The molecule has 0 radical (unpaired) electrons. The molecule has 1 aromatic rings. The van der Waals surface area contributed by atoms with Crippen LogP contribution in [0.2, 0.25) is 0 Å². The molecule has 0 spiro atoms. The van der Waals surface area contributed by atoms with Crippen molar-refractivity contribution in [3.63, 3.8) is 0 Å². The lowest BCUT2D eigenvalue weighted by molar-refractivity contribution is 0.219. The molecule has 1 atom stereocenters. The quantitative estimate of drug-likeness (QED) is 0.813. The van der Waals surface area contributed by atoms with Crippen molar-refractivity contribution >= 4 is 23.0 Å². The van der Waals surface area contributed by atoms with E-state index in [4.69, 9.17) is 18.0 Å². The Balaban J connectivity index is 1.93. The Morgan fingerprint density at radius 3 is 2.68 bits per heavy atom. The zero-order valence-electron chi connectivity index (χ0n) is 11.3. The number of hydrogen-bond acceptors (Lipinski definition) is 5. The summed E-state index contributed by atoms with van der Waals surface area (Å²) in [6.07, 6.45) is 3.84. The van der Waals surface area contributed by atoms with Crippen LogP contribution in [0.3, 0.4) is 0 Å². The van der Waals surface area contributed by atoms with Crippen molar-refractivity contribution in [1.82, 2.24) is 15.1 Å². The minimum atomic E-state index is 0.240. The first kappa shape index (κ1) is 14.1. The SMILES string of the molecule is CCCC(C(N)=S)N1CCN(c2cccnn2)CC1. The van der Waals surface area contributed by atoms with Crippen molar-refractivity contribution in [2.75, 3.05) is 31.1 Å². The molecular weight excluding hydrogens is 258 g/mol. The van der Waals surface area contributed by atoms with Crippen LogP contribution in [0.4, 0.5) is 5.82 Å². The fraction of sp³-hybridized carbons (Fsp3) is 0.615. The predicted molar refractivity (Wildman–Crippen MR) is 81.3 cm³/mol. The van der Waals surface area contributed by atoms with Gasteiger partial charge in [-0.2, -0.15) is 5.10 Å². The van der Waals surface area contributed by atoms with Crippen molar-refractivity contribution < 1.29 is 0 Å². The summed E-state index contributed by atoms with van der Waals surface area (Å²) in [6.45, 7) is 6.00. The number of anilines is 1. The summed E-state index contributed by atoms with van der Waals surface area (Å²) in [5, 5.41) is 8.08. The first-order chi connectivity index (χ1) is 9.22. The second-order valence-corrected chi connectivity index (χ2v) is 5.28. The lowest BCUT2D eigenvalue weighted by Gasteiger charge is -2.39. The molecule has 0 saturated carbocycles. The van der Waals surface area contributed by atoms with E-state index >= 15 is 0 Å². The van der Waals surface area contributed by atoms with Crippen LogP contribution in [-0.2, 0) is 0 Å².